The van der Waals surface area contributed by atoms with Crippen molar-refractivity contribution in [3.05, 3.63) is 23.8 Å². The van der Waals surface area contributed by atoms with Gasteiger partial charge in [-0.25, -0.2) is 13.1 Å². The molecule has 7 nitrogen and oxygen atoms in total. The zero-order valence-electron chi connectivity index (χ0n) is 17.0. The molecule has 0 spiro atoms. The average molecular weight is 434 g/mol. The van der Waals surface area contributed by atoms with Crippen LogP contribution in [0.25, 0.3) is 0 Å². The highest BCUT2D eigenvalue weighted by molar-refractivity contribution is 7.89. The van der Waals surface area contributed by atoms with Crippen LogP contribution in [0.2, 0.25) is 0 Å². The molecule has 1 heterocycles. The molecule has 160 valence electrons. The number of piperidine rings is 1. The van der Waals surface area contributed by atoms with Gasteiger partial charge in [0, 0.05) is 24.7 Å². The van der Waals surface area contributed by atoms with Crippen molar-refractivity contribution in [2.75, 3.05) is 33.3 Å². The van der Waals surface area contributed by atoms with Gasteiger partial charge in [-0.05, 0) is 63.9 Å². The molecular formula is C19H32ClN3O4S. The lowest BCUT2D eigenvalue weighted by atomic mass is 9.96. The van der Waals surface area contributed by atoms with Gasteiger partial charge in [-0.15, -0.1) is 12.4 Å². The monoisotopic (exact) mass is 433 g/mol. The Hall–Kier alpha value is -1.35. The van der Waals surface area contributed by atoms with Crippen molar-refractivity contribution < 1.29 is 17.9 Å². The van der Waals surface area contributed by atoms with E-state index in [9.17, 15) is 13.2 Å². The van der Waals surface area contributed by atoms with Gasteiger partial charge < -0.3 is 15.0 Å². The lowest BCUT2D eigenvalue weighted by Crippen LogP contribution is -2.40. The molecule has 28 heavy (non-hydrogen) atoms. The molecule has 0 bridgehead atoms. The number of methoxy groups -OCH3 is 1. The van der Waals surface area contributed by atoms with Gasteiger partial charge >= 0.3 is 0 Å². The smallest absolute Gasteiger partial charge is 0.253 e. The summed E-state index contributed by atoms with van der Waals surface area (Å²) in [7, 11) is -2.35. The molecule has 1 aromatic carbocycles. The Kier molecular flexibility index (Phi) is 9.69. The largest absolute Gasteiger partial charge is 0.495 e. The van der Waals surface area contributed by atoms with Crippen LogP contribution in [0, 0.1) is 5.92 Å². The minimum Gasteiger partial charge on any atom is -0.495 e. The molecule has 0 unspecified atom stereocenters. The molecule has 0 atom stereocenters. The molecule has 2 rings (SSSR count). The number of benzene rings is 1. The first-order valence-corrected chi connectivity index (χ1v) is 11.0. The van der Waals surface area contributed by atoms with Gasteiger partial charge in [-0.1, -0.05) is 6.92 Å². The van der Waals surface area contributed by atoms with Gasteiger partial charge in [0.05, 0.1) is 7.11 Å². The SMILES string of the molecule is CCNCC1CCN(C(=O)c2ccc(OC)c(S(=O)(=O)NC(C)C)c2)CC1.Cl. The van der Waals surface area contributed by atoms with E-state index in [1.165, 1.54) is 13.2 Å². The molecule has 0 saturated carbocycles. The number of hydrogen-bond donors (Lipinski definition) is 2. The van der Waals surface area contributed by atoms with E-state index in [-0.39, 0.29) is 35.0 Å². The molecule has 1 aromatic rings. The Balaban J connectivity index is 0.00000392. The van der Waals surface area contributed by atoms with E-state index in [0.29, 0.717) is 24.6 Å². The Bertz CT molecular complexity index is 748. The predicted octanol–water partition coefficient (Wildman–Crippen LogP) is 2.27. The summed E-state index contributed by atoms with van der Waals surface area (Å²) in [5.74, 6) is 0.667. The highest BCUT2D eigenvalue weighted by Crippen LogP contribution is 2.26. The number of sulfonamides is 1. The standard InChI is InChI=1S/C19H31N3O4S.ClH/c1-5-20-13-15-8-10-22(11-9-15)19(23)16-6-7-17(26-4)18(12-16)27(24,25)21-14(2)3;/h6-7,12,14-15,20-21H,5,8-11,13H2,1-4H3;1H. The topological polar surface area (TPSA) is 87.7 Å². The number of nitrogens with zero attached hydrogens (tertiary/aromatic N) is 1. The van der Waals surface area contributed by atoms with E-state index in [1.807, 2.05) is 0 Å². The summed E-state index contributed by atoms with van der Waals surface area (Å²) in [4.78, 5) is 14.7. The van der Waals surface area contributed by atoms with Crippen LogP contribution in [0.4, 0.5) is 0 Å². The van der Waals surface area contributed by atoms with E-state index >= 15 is 0 Å². The maximum Gasteiger partial charge on any atom is 0.253 e. The predicted molar refractivity (Wildman–Crippen MR) is 113 cm³/mol. The maximum absolute atomic E-state index is 12.9. The first-order chi connectivity index (χ1) is 12.8. The second-order valence-electron chi connectivity index (χ2n) is 7.18. The van der Waals surface area contributed by atoms with E-state index in [2.05, 4.69) is 17.0 Å². The van der Waals surface area contributed by atoms with E-state index in [1.54, 1.807) is 30.9 Å². The Morgan fingerprint density at radius 3 is 2.46 bits per heavy atom. The number of halogens is 1. The fourth-order valence-corrected chi connectivity index (χ4v) is 4.71. The quantitative estimate of drug-likeness (QED) is 0.656. The number of ether oxygens (including phenoxy) is 1. The van der Waals surface area contributed by atoms with Crippen LogP contribution in [0.1, 0.15) is 44.0 Å². The summed E-state index contributed by atoms with van der Waals surface area (Å²) < 4.78 is 32.9. The van der Waals surface area contributed by atoms with Crippen molar-refractivity contribution in [3.63, 3.8) is 0 Å². The third-order valence-electron chi connectivity index (χ3n) is 4.68. The number of likely N-dealkylation sites (tertiary alicyclic amines) is 1. The van der Waals surface area contributed by atoms with Crippen LogP contribution in [-0.2, 0) is 10.0 Å². The number of carbonyl (C=O) groups is 1. The van der Waals surface area contributed by atoms with E-state index in [0.717, 1.165) is 25.9 Å². The molecular weight excluding hydrogens is 402 g/mol. The molecule has 1 aliphatic heterocycles. The molecule has 1 aliphatic rings. The van der Waals surface area contributed by atoms with Gasteiger partial charge in [0.15, 0.2) is 0 Å². The minimum atomic E-state index is -3.76. The van der Waals surface area contributed by atoms with Crippen molar-refractivity contribution in [3.8, 4) is 5.75 Å². The van der Waals surface area contributed by atoms with Crippen LogP contribution in [-0.4, -0.2) is 58.6 Å². The normalized spacial score (nSPS) is 15.4. The minimum absolute atomic E-state index is 0. The molecule has 2 N–H and O–H groups in total. The maximum atomic E-state index is 12.9. The van der Waals surface area contributed by atoms with Crippen molar-refractivity contribution in [1.29, 1.82) is 0 Å². The zero-order chi connectivity index (χ0) is 20.0. The van der Waals surface area contributed by atoms with Gasteiger partial charge in [0.25, 0.3) is 5.91 Å². The molecule has 0 aliphatic carbocycles. The number of carbonyl (C=O) groups excluding carboxylic acids is 1. The highest BCUT2D eigenvalue weighted by atomic mass is 35.5. The average Bonchev–Trinajstić information content (AvgIpc) is 2.64. The zero-order valence-corrected chi connectivity index (χ0v) is 18.7. The summed E-state index contributed by atoms with van der Waals surface area (Å²) >= 11 is 0. The summed E-state index contributed by atoms with van der Waals surface area (Å²) in [6.07, 6.45) is 1.91. The van der Waals surface area contributed by atoms with Crippen LogP contribution in [0.5, 0.6) is 5.75 Å². The van der Waals surface area contributed by atoms with Crippen LogP contribution >= 0.6 is 12.4 Å². The highest BCUT2D eigenvalue weighted by Gasteiger charge is 2.26. The Labute approximate surface area is 174 Å². The first kappa shape index (κ1) is 24.7. The summed E-state index contributed by atoms with van der Waals surface area (Å²) in [5, 5.41) is 3.35. The first-order valence-electron chi connectivity index (χ1n) is 9.48. The number of rotatable bonds is 8. The van der Waals surface area contributed by atoms with Crippen LogP contribution in [0.15, 0.2) is 23.1 Å². The number of nitrogens with one attached hydrogen (secondary N) is 2. The second-order valence-corrected chi connectivity index (χ2v) is 8.87. The third kappa shape index (κ3) is 6.34. The van der Waals surface area contributed by atoms with Crippen molar-refractivity contribution in [2.24, 2.45) is 5.92 Å². The Morgan fingerprint density at radius 1 is 1.29 bits per heavy atom. The summed E-state index contributed by atoms with van der Waals surface area (Å²) in [6.45, 7) is 8.88. The summed E-state index contributed by atoms with van der Waals surface area (Å²) in [5.41, 5.74) is 0.366. The van der Waals surface area contributed by atoms with Gasteiger partial charge in [-0.3, -0.25) is 4.79 Å². The molecule has 0 radical (unpaired) electrons. The molecule has 1 fully saturated rings. The van der Waals surface area contributed by atoms with Gasteiger partial charge in [0.2, 0.25) is 10.0 Å². The summed E-state index contributed by atoms with van der Waals surface area (Å²) in [6, 6.07) is 4.33. The van der Waals surface area contributed by atoms with Crippen molar-refractivity contribution in [1.82, 2.24) is 14.9 Å². The lowest BCUT2D eigenvalue weighted by Gasteiger charge is -2.32. The van der Waals surface area contributed by atoms with E-state index in [4.69, 9.17) is 4.74 Å². The number of hydrogen-bond acceptors (Lipinski definition) is 5. The van der Waals surface area contributed by atoms with Crippen molar-refractivity contribution >= 4 is 28.3 Å². The molecule has 1 saturated heterocycles. The fraction of sp³-hybridized carbons (Fsp3) is 0.632. The van der Waals surface area contributed by atoms with Crippen LogP contribution in [0.3, 0.4) is 0 Å². The van der Waals surface area contributed by atoms with Crippen LogP contribution < -0.4 is 14.8 Å². The Morgan fingerprint density at radius 2 is 1.93 bits per heavy atom. The fourth-order valence-electron chi connectivity index (χ4n) is 3.26. The molecule has 1 amide bonds. The van der Waals surface area contributed by atoms with Gasteiger partial charge in [0.1, 0.15) is 10.6 Å². The molecule has 0 aromatic heterocycles. The van der Waals surface area contributed by atoms with E-state index < -0.39 is 10.0 Å². The van der Waals surface area contributed by atoms with Crippen molar-refractivity contribution in [2.45, 2.75) is 44.6 Å². The lowest BCUT2D eigenvalue weighted by molar-refractivity contribution is 0.0690. The number of amides is 1. The molecule has 9 heteroatoms. The van der Waals surface area contributed by atoms with Gasteiger partial charge in [-0.2, -0.15) is 0 Å². The third-order valence-corrected chi connectivity index (χ3v) is 6.36. The second kappa shape index (κ2) is 11.0.